The van der Waals surface area contributed by atoms with E-state index in [1.807, 2.05) is 0 Å². The van der Waals surface area contributed by atoms with Crippen molar-refractivity contribution in [2.75, 3.05) is 18.1 Å². The van der Waals surface area contributed by atoms with E-state index in [4.69, 9.17) is 5.73 Å². The lowest BCUT2D eigenvalue weighted by molar-refractivity contribution is 0.0880. The maximum atomic E-state index is 14.4. The number of fused-ring (bicyclic) bond motifs is 1. The van der Waals surface area contributed by atoms with Crippen LogP contribution < -0.4 is 21.9 Å². The van der Waals surface area contributed by atoms with E-state index in [1.165, 1.54) is 6.07 Å². The van der Waals surface area contributed by atoms with Gasteiger partial charge in [0, 0.05) is 17.6 Å². The molecule has 3 rings (SSSR count). The molecule has 0 spiro atoms. The Labute approximate surface area is 137 Å². The predicted molar refractivity (Wildman–Crippen MR) is 85.5 cm³/mol. The lowest BCUT2D eigenvalue weighted by Gasteiger charge is -2.16. The number of rotatable bonds is 2. The summed E-state index contributed by atoms with van der Waals surface area (Å²) in [4.78, 5) is 35.8. The second-order valence-corrected chi connectivity index (χ2v) is 5.72. The molecule has 2 aromatic rings. The normalized spacial score (nSPS) is 13.0. The third-order valence-corrected chi connectivity index (χ3v) is 3.93. The van der Waals surface area contributed by atoms with Crippen LogP contribution in [0, 0.1) is 5.82 Å². The lowest BCUT2D eigenvalue weighted by Crippen LogP contribution is -2.25. The number of pyridine rings is 1. The fourth-order valence-corrected chi connectivity index (χ4v) is 2.92. The average Bonchev–Trinajstić information content (AvgIpc) is 2.75. The molecule has 1 aromatic heterocycles. The molecular weight excluding hydrogens is 371 g/mol. The maximum absolute atomic E-state index is 14.4. The number of nitrogens with one attached hydrogen (secondary N) is 2. The van der Waals surface area contributed by atoms with Crippen molar-refractivity contribution in [3.63, 3.8) is 0 Å². The van der Waals surface area contributed by atoms with E-state index in [-0.39, 0.29) is 28.3 Å². The van der Waals surface area contributed by atoms with Crippen molar-refractivity contribution in [2.24, 2.45) is 0 Å². The van der Waals surface area contributed by atoms with Crippen LogP contribution in [0.5, 0.6) is 0 Å². The van der Waals surface area contributed by atoms with Gasteiger partial charge in [0.2, 0.25) is 0 Å². The van der Waals surface area contributed by atoms with Gasteiger partial charge in [-0.15, -0.1) is 0 Å². The van der Waals surface area contributed by atoms with Gasteiger partial charge in [-0.25, -0.2) is 4.39 Å². The van der Waals surface area contributed by atoms with Gasteiger partial charge in [0.25, 0.3) is 17.4 Å². The summed E-state index contributed by atoms with van der Waals surface area (Å²) in [7, 11) is 1.55. The quantitative estimate of drug-likeness (QED) is 0.679. The highest BCUT2D eigenvalue weighted by Gasteiger charge is 2.32. The molecule has 23 heavy (non-hydrogen) atoms. The molecule has 0 radical (unpaired) electrons. The Morgan fingerprint density at radius 1 is 1.22 bits per heavy atom. The molecule has 0 saturated heterocycles. The first-order valence-corrected chi connectivity index (χ1v) is 7.22. The standard InChI is InChI=1S/C14H10BrFN4O3/c1-18-8-3-5(15)2-7(16)11(8)20-9(21)4-6-10(12(20)17)14(23)19-13(6)22/h2-4,18H,17H2,1H3,(H,19,22,23). The molecule has 2 amide bonds. The van der Waals surface area contributed by atoms with Crippen molar-refractivity contribution in [1.29, 1.82) is 0 Å². The summed E-state index contributed by atoms with van der Waals surface area (Å²) < 4.78 is 15.7. The van der Waals surface area contributed by atoms with Crippen molar-refractivity contribution in [2.45, 2.75) is 0 Å². The Kier molecular flexibility index (Phi) is 3.44. The van der Waals surface area contributed by atoms with Gasteiger partial charge >= 0.3 is 0 Å². The minimum atomic E-state index is -0.722. The second-order valence-electron chi connectivity index (χ2n) is 4.81. The van der Waals surface area contributed by atoms with E-state index in [9.17, 15) is 18.8 Å². The topological polar surface area (TPSA) is 106 Å². The molecule has 0 aliphatic carbocycles. The molecule has 2 heterocycles. The van der Waals surface area contributed by atoms with Crippen molar-refractivity contribution >= 4 is 39.2 Å². The first-order chi connectivity index (χ1) is 10.8. The average molecular weight is 381 g/mol. The number of amides is 2. The number of nitrogens with two attached hydrogens (primary N) is 1. The highest BCUT2D eigenvalue weighted by atomic mass is 79.9. The molecule has 9 heteroatoms. The van der Waals surface area contributed by atoms with Crippen LogP contribution in [-0.2, 0) is 0 Å². The number of anilines is 2. The van der Waals surface area contributed by atoms with Gasteiger partial charge in [0.15, 0.2) is 5.82 Å². The highest BCUT2D eigenvalue weighted by molar-refractivity contribution is 9.10. The Bertz CT molecular complexity index is 939. The number of hydrogen-bond donors (Lipinski definition) is 3. The van der Waals surface area contributed by atoms with Gasteiger partial charge in [-0.2, -0.15) is 0 Å². The van der Waals surface area contributed by atoms with E-state index in [0.717, 1.165) is 10.6 Å². The molecule has 0 saturated carbocycles. The Balaban J connectivity index is 2.41. The molecule has 0 fully saturated rings. The first-order valence-electron chi connectivity index (χ1n) is 6.43. The lowest BCUT2D eigenvalue weighted by atomic mass is 10.1. The molecule has 4 N–H and O–H groups in total. The number of aromatic nitrogens is 1. The molecule has 7 nitrogen and oxygen atoms in total. The molecule has 0 unspecified atom stereocenters. The molecular formula is C14H10BrFN4O3. The molecule has 1 aliphatic rings. The van der Waals surface area contributed by atoms with Crippen molar-refractivity contribution in [3.05, 3.63) is 50.0 Å². The summed E-state index contributed by atoms with van der Waals surface area (Å²) in [6, 6.07) is 3.69. The predicted octanol–water partition coefficient (Wildman–Crippen LogP) is 1.25. The Morgan fingerprint density at radius 3 is 2.57 bits per heavy atom. The zero-order chi connectivity index (χ0) is 16.9. The fourth-order valence-electron chi connectivity index (χ4n) is 2.49. The monoisotopic (exact) mass is 380 g/mol. The van der Waals surface area contributed by atoms with Crippen LogP contribution in [-0.4, -0.2) is 23.4 Å². The van der Waals surface area contributed by atoms with Crippen LogP contribution in [0.2, 0.25) is 0 Å². The second kappa shape index (κ2) is 5.20. The van der Waals surface area contributed by atoms with E-state index in [0.29, 0.717) is 4.47 Å². The van der Waals surface area contributed by atoms with Crippen LogP contribution in [0.3, 0.4) is 0 Å². The third kappa shape index (κ3) is 2.20. The largest absolute Gasteiger partial charge is 0.386 e. The summed E-state index contributed by atoms with van der Waals surface area (Å²) in [5.41, 5.74) is 5.08. The maximum Gasteiger partial charge on any atom is 0.262 e. The number of hydrogen-bond acceptors (Lipinski definition) is 5. The number of benzene rings is 1. The number of nitrogen functional groups attached to an aromatic ring is 1. The summed E-state index contributed by atoms with van der Waals surface area (Å²) >= 11 is 3.16. The van der Waals surface area contributed by atoms with Gasteiger partial charge in [0.05, 0.1) is 16.8 Å². The van der Waals surface area contributed by atoms with Crippen LogP contribution in [0.15, 0.2) is 27.5 Å². The van der Waals surface area contributed by atoms with Crippen LogP contribution in [0.1, 0.15) is 20.7 Å². The number of imide groups is 1. The van der Waals surface area contributed by atoms with Crippen molar-refractivity contribution in [1.82, 2.24) is 9.88 Å². The number of carbonyl (C=O) groups excluding carboxylic acids is 2. The Hall–Kier alpha value is -2.68. The summed E-state index contributed by atoms with van der Waals surface area (Å²) in [6.07, 6.45) is 0. The zero-order valence-electron chi connectivity index (χ0n) is 11.7. The number of carbonyl (C=O) groups is 2. The third-order valence-electron chi connectivity index (χ3n) is 3.47. The van der Waals surface area contributed by atoms with E-state index < -0.39 is 23.2 Å². The van der Waals surface area contributed by atoms with Gasteiger partial charge < -0.3 is 11.1 Å². The van der Waals surface area contributed by atoms with Gasteiger partial charge in [-0.05, 0) is 12.1 Å². The molecule has 0 atom stereocenters. The number of halogens is 2. The minimum absolute atomic E-state index is 0.114. The molecule has 1 aliphatic heterocycles. The molecule has 1 aromatic carbocycles. The SMILES string of the molecule is CNc1cc(Br)cc(F)c1-n1c(N)c2c(cc1=O)C(=O)NC2=O. The van der Waals surface area contributed by atoms with Crippen molar-refractivity contribution in [3.8, 4) is 5.69 Å². The van der Waals surface area contributed by atoms with Gasteiger partial charge in [-0.1, -0.05) is 15.9 Å². The van der Waals surface area contributed by atoms with E-state index in [1.54, 1.807) is 13.1 Å². The summed E-state index contributed by atoms with van der Waals surface area (Å²) in [5, 5.41) is 4.82. The van der Waals surface area contributed by atoms with Crippen LogP contribution in [0.25, 0.3) is 5.69 Å². The smallest absolute Gasteiger partial charge is 0.262 e. The van der Waals surface area contributed by atoms with Gasteiger partial charge in [-0.3, -0.25) is 24.3 Å². The number of nitrogens with zero attached hydrogens (tertiary/aromatic N) is 1. The molecule has 118 valence electrons. The van der Waals surface area contributed by atoms with Gasteiger partial charge in [0.1, 0.15) is 11.5 Å². The highest BCUT2D eigenvalue weighted by Crippen LogP contribution is 2.30. The van der Waals surface area contributed by atoms with Crippen LogP contribution >= 0.6 is 15.9 Å². The fraction of sp³-hybridized carbons (Fsp3) is 0.0714. The minimum Gasteiger partial charge on any atom is -0.386 e. The van der Waals surface area contributed by atoms with E-state index >= 15 is 0 Å². The summed E-state index contributed by atoms with van der Waals surface area (Å²) in [5.74, 6) is -2.44. The van der Waals surface area contributed by atoms with Crippen LogP contribution in [0.4, 0.5) is 15.9 Å². The zero-order valence-corrected chi connectivity index (χ0v) is 13.3. The van der Waals surface area contributed by atoms with E-state index in [2.05, 4.69) is 26.6 Å². The molecule has 0 bridgehead atoms. The first kappa shape index (κ1) is 15.2. The summed E-state index contributed by atoms with van der Waals surface area (Å²) in [6.45, 7) is 0. The van der Waals surface area contributed by atoms with Crippen molar-refractivity contribution < 1.29 is 14.0 Å². The Morgan fingerprint density at radius 2 is 1.91 bits per heavy atom.